The second-order valence-corrected chi connectivity index (χ2v) is 3.30. The molecule has 0 fully saturated rings. The largest absolute Gasteiger partial charge is 0.356 e. The number of hydrogen-bond acceptors (Lipinski definition) is 2. The van der Waals surface area contributed by atoms with Crippen molar-refractivity contribution in [1.82, 2.24) is 5.16 Å². The minimum atomic E-state index is 0.910. The molecule has 1 aromatic carbocycles. The van der Waals surface area contributed by atoms with Crippen LogP contribution in [0.1, 0.15) is 18.9 Å². The van der Waals surface area contributed by atoms with Crippen LogP contribution in [0.3, 0.4) is 0 Å². The van der Waals surface area contributed by atoms with Crippen molar-refractivity contribution in [2.75, 3.05) is 0 Å². The first kappa shape index (κ1) is 9.00. The van der Waals surface area contributed by atoms with E-state index in [1.807, 2.05) is 36.5 Å². The summed E-state index contributed by atoms with van der Waals surface area (Å²) in [5.41, 5.74) is 2.30. The number of aromatic nitrogens is 1. The van der Waals surface area contributed by atoms with Gasteiger partial charge in [0.2, 0.25) is 0 Å². The first-order valence-electron chi connectivity index (χ1n) is 4.90. The normalized spacial score (nSPS) is 10.4. The van der Waals surface area contributed by atoms with Gasteiger partial charge in [-0.1, -0.05) is 48.8 Å². The molecule has 72 valence electrons. The molecule has 14 heavy (non-hydrogen) atoms. The van der Waals surface area contributed by atoms with Gasteiger partial charge in [-0.25, -0.2) is 0 Å². The second-order valence-electron chi connectivity index (χ2n) is 3.30. The van der Waals surface area contributed by atoms with Crippen molar-refractivity contribution in [3.05, 3.63) is 42.1 Å². The summed E-state index contributed by atoms with van der Waals surface area (Å²) in [6, 6.07) is 10.1. The minimum absolute atomic E-state index is 0.910. The van der Waals surface area contributed by atoms with Gasteiger partial charge in [-0.05, 0) is 6.42 Å². The summed E-state index contributed by atoms with van der Waals surface area (Å²) in [6.45, 7) is 2.15. The Kier molecular flexibility index (Phi) is 2.63. The predicted octanol–water partition coefficient (Wildman–Crippen LogP) is 3.29. The maximum absolute atomic E-state index is 5.25. The van der Waals surface area contributed by atoms with Crippen molar-refractivity contribution in [2.45, 2.75) is 19.8 Å². The van der Waals surface area contributed by atoms with Gasteiger partial charge in [0.15, 0.2) is 5.76 Å². The molecule has 2 aromatic rings. The van der Waals surface area contributed by atoms with Crippen molar-refractivity contribution in [2.24, 2.45) is 0 Å². The Labute approximate surface area is 83.5 Å². The van der Waals surface area contributed by atoms with E-state index in [-0.39, 0.29) is 0 Å². The second kappa shape index (κ2) is 4.09. The lowest BCUT2D eigenvalue weighted by Crippen LogP contribution is -1.83. The fourth-order valence-electron chi connectivity index (χ4n) is 1.53. The fraction of sp³-hybridized carbons (Fsp3) is 0.250. The molecule has 0 unspecified atom stereocenters. The van der Waals surface area contributed by atoms with Gasteiger partial charge in [0.05, 0.1) is 6.20 Å². The Morgan fingerprint density at radius 3 is 2.71 bits per heavy atom. The van der Waals surface area contributed by atoms with Crippen LogP contribution in [0.15, 0.2) is 41.1 Å². The highest BCUT2D eigenvalue weighted by atomic mass is 16.5. The van der Waals surface area contributed by atoms with Gasteiger partial charge in [0.1, 0.15) is 0 Å². The third kappa shape index (κ3) is 1.69. The van der Waals surface area contributed by atoms with Gasteiger partial charge in [0.25, 0.3) is 0 Å². The molecule has 0 radical (unpaired) electrons. The summed E-state index contributed by atoms with van der Waals surface area (Å²) in [7, 11) is 0. The maximum Gasteiger partial charge on any atom is 0.170 e. The van der Waals surface area contributed by atoms with E-state index in [1.165, 1.54) is 5.56 Å². The van der Waals surface area contributed by atoms with E-state index in [0.717, 1.165) is 24.2 Å². The Bertz CT molecular complexity index is 392. The summed E-state index contributed by atoms with van der Waals surface area (Å²) in [4.78, 5) is 0. The number of nitrogens with zero attached hydrogens (tertiary/aromatic N) is 1. The van der Waals surface area contributed by atoms with Crippen molar-refractivity contribution >= 4 is 0 Å². The molecule has 0 saturated heterocycles. The van der Waals surface area contributed by atoms with Gasteiger partial charge in [-0.3, -0.25) is 0 Å². The van der Waals surface area contributed by atoms with Crippen LogP contribution in [0.2, 0.25) is 0 Å². The molecule has 0 aliphatic heterocycles. The van der Waals surface area contributed by atoms with Crippen LogP contribution in [0, 0.1) is 0 Å². The summed E-state index contributed by atoms with van der Waals surface area (Å²) in [5.74, 6) is 0.910. The molecule has 1 aromatic heterocycles. The van der Waals surface area contributed by atoms with Crippen LogP contribution in [0.4, 0.5) is 0 Å². The summed E-state index contributed by atoms with van der Waals surface area (Å²) >= 11 is 0. The molecule has 0 amide bonds. The van der Waals surface area contributed by atoms with Gasteiger partial charge >= 0.3 is 0 Å². The average molecular weight is 187 g/mol. The molecule has 0 aliphatic rings. The highest BCUT2D eigenvalue weighted by Gasteiger charge is 2.08. The summed E-state index contributed by atoms with van der Waals surface area (Å²) in [5, 5.41) is 3.84. The van der Waals surface area contributed by atoms with Crippen LogP contribution in [0.25, 0.3) is 11.3 Å². The maximum atomic E-state index is 5.25. The first-order chi connectivity index (χ1) is 6.92. The third-order valence-corrected chi connectivity index (χ3v) is 2.20. The van der Waals surface area contributed by atoms with E-state index in [9.17, 15) is 0 Å². The fourth-order valence-corrected chi connectivity index (χ4v) is 1.53. The Balaban J connectivity index is 2.37. The van der Waals surface area contributed by atoms with Crippen LogP contribution >= 0.6 is 0 Å². The zero-order chi connectivity index (χ0) is 9.80. The molecule has 0 bridgehead atoms. The Hall–Kier alpha value is -1.57. The van der Waals surface area contributed by atoms with Crippen molar-refractivity contribution in [3.63, 3.8) is 0 Å². The lowest BCUT2D eigenvalue weighted by Gasteiger charge is -1.98. The monoisotopic (exact) mass is 187 g/mol. The molecule has 0 aliphatic carbocycles. The zero-order valence-corrected chi connectivity index (χ0v) is 8.23. The van der Waals surface area contributed by atoms with Gasteiger partial charge in [-0.15, -0.1) is 0 Å². The number of benzene rings is 1. The molecule has 0 N–H and O–H groups in total. The minimum Gasteiger partial charge on any atom is -0.356 e. The molecule has 1 heterocycles. The molecule has 0 spiro atoms. The van der Waals surface area contributed by atoms with Crippen LogP contribution < -0.4 is 0 Å². The standard InChI is InChI=1S/C12H13NO/c1-2-6-11-9-13-14-12(11)10-7-4-3-5-8-10/h3-5,7-9H,2,6H2,1H3. The molecular weight excluding hydrogens is 174 g/mol. The van der Waals surface area contributed by atoms with Crippen LogP contribution in [0.5, 0.6) is 0 Å². The highest BCUT2D eigenvalue weighted by Crippen LogP contribution is 2.23. The van der Waals surface area contributed by atoms with E-state index >= 15 is 0 Å². The molecular formula is C12H13NO. The lowest BCUT2D eigenvalue weighted by molar-refractivity contribution is 0.431. The third-order valence-electron chi connectivity index (χ3n) is 2.20. The van der Waals surface area contributed by atoms with E-state index < -0.39 is 0 Å². The van der Waals surface area contributed by atoms with E-state index in [2.05, 4.69) is 12.1 Å². The topological polar surface area (TPSA) is 26.0 Å². The van der Waals surface area contributed by atoms with Crippen LogP contribution in [-0.2, 0) is 6.42 Å². The molecule has 0 atom stereocenters. The van der Waals surface area contributed by atoms with E-state index in [1.54, 1.807) is 0 Å². The molecule has 0 saturated carbocycles. The number of hydrogen-bond donors (Lipinski definition) is 0. The molecule has 2 rings (SSSR count). The first-order valence-corrected chi connectivity index (χ1v) is 4.90. The van der Waals surface area contributed by atoms with Gasteiger partial charge in [0, 0.05) is 11.1 Å². The van der Waals surface area contributed by atoms with E-state index in [4.69, 9.17) is 4.52 Å². The number of rotatable bonds is 3. The van der Waals surface area contributed by atoms with Crippen LogP contribution in [-0.4, -0.2) is 5.16 Å². The quantitative estimate of drug-likeness (QED) is 0.736. The van der Waals surface area contributed by atoms with Crippen molar-refractivity contribution in [1.29, 1.82) is 0 Å². The number of aryl methyl sites for hydroxylation is 1. The SMILES string of the molecule is CCCc1cnoc1-c1ccccc1. The molecule has 2 heteroatoms. The van der Waals surface area contributed by atoms with E-state index in [0.29, 0.717) is 0 Å². The predicted molar refractivity (Wildman–Crippen MR) is 55.9 cm³/mol. The Morgan fingerprint density at radius 2 is 2.00 bits per heavy atom. The van der Waals surface area contributed by atoms with Gasteiger partial charge < -0.3 is 4.52 Å². The summed E-state index contributed by atoms with van der Waals surface area (Å²) in [6.07, 6.45) is 3.95. The zero-order valence-electron chi connectivity index (χ0n) is 8.23. The average Bonchev–Trinajstić information content (AvgIpc) is 2.68. The van der Waals surface area contributed by atoms with Crippen molar-refractivity contribution < 1.29 is 4.52 Å². The highest BCUT2D eigenvalue weighted by molar-refractivity contribution is 5.60. The lowest BCUT2D eigenvalue weighted by atomic mass is 10.1. The summed E-state index contributed by atoms with van der Waals surface area (Å²) < 4.78 is 5.25. The molecule has 2 nitrogen and oxygen atoms in total. The smallest absolute Gasteiger partial charge is 0.170 e. The Morgan fingerprint density at radius 1 is 1.21 bits per heavy atom. The van der Waals surface area contributed by atoms with Crippen molar-refractivity contribution in [3.8, 4) is 11.3 Å². The van der Waals surface area contributed by atoms with Gasteiger partial charge in [-0.2, -0.15) is 0 Å².